The summed E-state index contributed by atoms with van der Waals surface area (Å²) in [6.07, 6.45) is 2.41. The van der Waals surface area contributed by atoms with Gasteiger partial charge in [-0.2, -0.15) is 0 Å². The number of aliphatic hydroxyl groups is 1. The fourth-order valence-electron chi connectivity index (χ4n) is 1.51. The van der Waals surface area contributed by atoms with Gasteiger partial charge in [0.05, 0.1) is 19.3 Å². The molecule has 0 spiro atoms. The highest BCUT2D eigenvalue weighted by Crippen LogP contribution is 2.02. The summed E-state index contributed by atoms with van der Waals surface area (Å²) in [6.45, 7) is 3.82. The molecule has 1 amide bonds. The van der Waals surface area contributed by atoms with Crippen molar-refractivity contribution in [1.29, 1.82) is 0 Å². The Hall–Kier alpha value is -1.47. The molecule has 7 nitrogen and oxygen atoms in total. The molecule has 0 saturated carbocycles. The lowest BCUT2D eigenvalue weighted by Gasteiger charge is -2.19. The Labute approximate surface area is 100 Å². The van der Waals surface area contributed by atoms with Crippen LogP contribution in [0, 0.1) is 0 Å². The lowest BCUT2D eigenvalue weighted by molar-refractivity contribution is 0.0716. The minimum atomic E-state index is -0.204. The van der Waals surface area contributed by atoms with Crippen LogP contribution in [-0.4, -0.2) is 57.1 Å². The third kappa shape index (κ3) is 3.79. The summed E-state index contributed by atoms with van der Waals surface area (Å²) in [4.78, 5) is 13.6. The summed E-state index contributed by atoms with van der Waals surface area (Å²) in [5, 5.41) is 16.5. The first-order valence-corrected chi connectivity index (χ1v) is 5.73. The van der Waals surface area contributed by atoms with E-state index in [1.54, 1.807) is 11.1 Å². The van der Waals surface area contributed by atoms with Crippen LogP contribution in [0.2, 0.25) is 0 Å². The van der Waals surface area contributed by atoms with Gasteiger partial charge in [-0.1, -0.05) is 12.1 Å². The van der Waals surface area contributed by atoms with Crippen LogP contribution in [0.5, 0.6) is 0 Å². The van der Waals surface area contributed by atoms with Gasteiger partial charge in [-0.05, 0) is 6.42 Å². The van der Waals surface area contributed by atoms with Gasteiger partial charge in [-0.15, -0.1) is 5.10 Å². The molecular weight excluding hydrogens is 222 g/mol. The molecule has 17 heavy (non-hydrogen) atoms. The molecule has 1 rings (SSSR count). The van der Waals surface area contributed by atoms with Gasteiger partial charge in [0, 0.05) is 19.6 Å². The van der Waals surface area contributed by atoms with Crippen molar-refractivity contribution >= 4 is 5.91 Å². The van der Waals surface area contributed by atoms with E-state index >= 15 is 0 Å². The number of carbonyl (C=O) groups excluding carboxylic acids is 1. The third-order valence-corrected chi connectivity index (χ3v) is 2.27. The quantitative estimate of drug-likeness (QED) is 0.643. The van der Waals surface area contributed by atoms with Crippen molar-refractivity contribution in [2.75, 3.05) is 26.2 Å². The highest BCUT2D eigenvalue weighted by atomic mass is 16.3. The number of nitrogens with zero attached hydrogens (tertiary/aromatic N) is 4. The van der Waals surface area contributed by atoms with Gasteiger partial charge in [0.1, 0.15) is 0 Å². The molecule has 1 aromatic rings. The second kappa shape index (κ2) is 6.97. The molecule has 1 heterocycles. The van der Waals surface area contributed by atoms with Crippen molar-refractivity contribution in [2.45, 2.75) is 19.9 Å². The lowest BCUT2D eigenvalue weighted by Crippen LogP contribution is -2.34. The third-order valence-electron chi connectivity index (χ3n) is 2.27. The predicted molar refractivity (Wildman–Crippen MR) is 62.4 cm³/mol. The van der Waals surface area contributed by atoms with Crippen molar-refractivity contribution in [2.24, 2.45) is 5.73 Å². The Morgan fingerprint density at radius 3 is 2.94 bits per heavy atom. The molecule has 0 aliphatic heterocycles. The van der Waals surface area contributed by atoms with Gasteiger partial charge in [-0.25, -0.2) is 0 Å². The van der Waals surface area contributed by atoms with Gasteiger partial charge < -0.3 is 15.7 Å². The monoisotopic (exact) mass is 241 g/mol. The number of aromatic nitrogens is 3. The van der Waals surface area contributed by atoms with E-state index < -0.39 is 0 Å². The fourth-order valence-corrected chi connectivity index (χ4v) is 1.51. The minimum absolute atomic E-state index is 0.0529. The molecule has 0 radical (unpaired) electrons. The summed E-state index contributed by atoms with van der Waals surface area (Å²) in [6, 6.07) is 0. The largest absolute Gasteiger partial charge is 0.395 e. The number of nitrogens with two attached hydrogens (primary N) is 1. The highest BCUT2D eigenvalue weighted by molar-refractivity contribution is 5.91. The number of carbonyl (C=O) groups is 1. The number of aliphatic hydroxyl groups excluding tert-OH is 1. The van der Waals surface area contributed by atoms with E-state index in [4.69, 9.17) is 10.8 Å². The topological polar surface area (TPSA) is 97.3 Å². The summed E-state index contributed by atoms with van der Waals surface area (Å²) in [7, 11) is 0. The van der Waals surface area contributed by atoms with Crippen LogP contribution in [0.3, 0.4) is 0 Å². The molecule has 0 aliphatic carbocycles. The average molecular weight is 241 g/mol. The Bertz CT molecular complexity index is 346. The summed E-state index contributed by atoms with van der Waals surface area (Å²) in [5.41, 5.74) is 5.68. The van der Waals surface area contributed by atoms with Crippen molar-refractivity contribution < 1.29 is 9.90 Å². The molecule has 0 atom stereocenters. The van der Waals surface area contributed by atoms with Crippen LogP contribution in [0.1, 0.15) is 23.8 Å². The minimum Gasteiger partial charge on any atom is -0.395 e. The first-order chi connectivity index (χ1) is 8.22. The Kier molecular flexibility index (Phi) is 5.58. The van der Waals surface area contributed by atoms with E-state index in [-0.39, 0.29) is 12.5 Å². The first-order valence-electron chi connectivity index (χ1n) is 5.73. The van der Waals surface area contributed by atoms with Crippen molar-refractivity contribution in [3.8, 4) is 0 Å². The maximum Gasteiger partial charge on any atom is 0.276 e. The Morgan fingerprint density at radius 2 is 2.35 bits per heavy atom. The smallest absolute Gasteiger partial charge is 0.276 e. The van der Waals surface area contributed by atoms with Gasteiger partial charge in [0.25, 0.3) is 5.91 Å². The van der Waals surface area contributed by atoms with Crippen LogP contribution < -0.4 is 5.73 Å². The van der Waals surface area contributed by atoms with Crippen molar-refractivity contribution in [3.63, 3.8) is 0 Å². The summed E-state index contributed by atoms with van der Waals surface area (Å²) >= 11 is 0. The molecular formula is C10H19N5O2. The van der Waals surface area contributed by atoms with Crippen molar-refractivity contribution in [1.82, 2.24) is 19.9 Å². The molecule has 0 bridgehead atoms. The number of hydrogen-bond donors (Lipinski definition) is 2. The maximum atomic E-state index is 12.0. The average Bonchev–Trinajstić information content (AvgIpc) is 2.77. The van der Waals surface area contributed by atoms with Crippen LogP contribution in [-0.2, 0) is 6.54 Å². The second-order valence-electron chi connectivity index (χ2n) is 3.67. The van der Waals surface area contributed by atoms with E-state index in [0.717, 1.165) is 6.42 Å². The zero-order valence-electron chi connectivity index (χ0n) is 10.0. The van der Waals surface area contributed by atoms with Crippen LogP contribution in [0.25, 0.3) is 0 Å². The summed E-state index contributed by atoms with van der Waals surface area (Å²) < 4.78 is 1.54. The predicted octanol–water partition coefficient (Wildman–Crippen LogP) is -0.919. The molecule has 0 saturated heterocycles. The van der Waals surface area contributed by atoms with E-state index in [9.17, 15) is 4.79 Å². The lowest BCUT2D eigenvalue weighted by atomic mass is 10.3. The second-order valence-corrected chi connectivity index (χ2v) is 3.67. The molecule has 96 valence electrons. The van der Waals surface area contributed by atoms with E-state index in [1.807, 2.05) is 6.92 Å². The van der Waals surface area contributed by atoms with Gasteiger partial charge in [0.2, 0.25) is 0 Å². The van der Waals surface area contributed by atoms with Gasteiger partial charge >= 0.3 is 0 Å². The summed E-state index contributed by atoms with van der Waals surface area (Å²) in [5.74, 6) is -0.204. The molecule has 7 heteroatoms. The van der Waals surface area contributed by atoms with Crippen molar-refractivity contribution in [3.05, 3.63) is 11.9 Å². The van der Waals surface area contributed by atoms with Crippen LogP contribution >= 0.6 is 0 Å². The SMILES string of the molecule is CCCN(CCO)C(=O)c1cn(CCN)nn1. The van der Waals surface area contributed by atoms with Crippen LogP contribution in [0.15, 0.2) is 6.20 Å². The Morgan fingerprint density at radius 1 is 1.59 bits per heavy atom. The first kappa shape index (κ1) is 13.6. The van der Waals surface area contributed by atoms with E-state index in [0.29, 0.717) is 31.9 Å². The van der Waals surface area contributed by atoms with Gasteiger partial charge in [0.15, 0.2) is 5.69 Å². The van der Waals surface area contributed by atoms with Crippen LogP contribution in [0.4, 0.5) is 0 Å². The standard InChI is InChI=1S/C10H19N5O2/c1-2-4-14(6-7-16)10(17)9-8-15(5-3-11)13-12-9/h8,16H,2-7,11H2,1H3. The number of hydrogen-bond acceptors (Lipinski definition) is 5. The highest BCUT2D eigenvalue weighted by Gasteiger charge is 2.17. The normalized spacial score (nSPS) is 10.5. The maximum absolute atomic E-state index is 12.0. The Balaban J connectivity index is 2.70. The van der Waals surface area contributed by atoms with E-state index in [2.05, 4.69) is 10.3 Å². The molecule has 1 aromatic heterocycles. The molecule has 0 fully saturated rings. The zero-order valence-corrected chi connectivity index (χ0v) is 10.0. The van der Waals surface area contributed by atoms with Gasteiger partial charge in [-0.3, -0.25) is 9.48 Å². The molecule has 0 unspecified atom stereocenters. The number of amides is 1. The molecule has 0 aromatic carbocycles. The fraction of sp³-hybridized carbons (Fsp3) is 0.700. The zero-order chi connectivity index (χ0) is 12.7. The number of rotatable bonds is 7. The molecule has 0 aliphatic rings. The van der Waals surface area contributed by atoms with E-state index in [1.165, 1.54) is 4.68 Å². The molecule has 3 N–H and O–H groups in total.